The number of ketones is 1. The minimum Gasteiger partial charge on any atom is -0.507 e. The van der Waals surface area contributed by atoms with Crippen molar-refractivity contribution in [1.82, 2.24) is 0 Å². The van der Waals surface area contributed by atoms with E-state index >= 15 is 0 Å². The molecule has 1 aliphatic rings. The smallest absolute Gasteiger partial charge is 0.300 e. The maximum absolute atomic E-state index is 13.3. The Morgan fingerprint density at radius 3 is 2.30 bits per heavy atom. The maximum Gasteiger partial charge on any atom is 0.300 e. The van der Waals surface area contributed by atoms with Crippen LogP contribution in [0.25, 0.3) is 5.76 Å². The van der Waals surface area contributed by atoms with E-state index in [1.807, 2.05) is 68.4 Å². The minimum atomic E-state index is -0.824. The standard InChI is InChI=1S/C28H27NO4/c1-5-19-11-14-21(15-12-19)29-25(22-8-6-7-9-23(22)33-4)24(27(31)28(29)32)26(30)20-13-10-17(2)18(3)16-20/h6-16,25,30H,5H2,1-4H3/b26-24+. The van der Waals surface area contributed by atoms with Gasteiger partial charge in [-0.15, -0.1) is 0 Å². The summed E-state index contributed by atoms with van der Waals surface area (Å²) in [6.07, 6.45) is 0.863. The zero-order valence-electron chi connectivity index (χ0n) is 19.3. The quantitative estimate of drug-likeness (QED) is 0.322. The lowest BCUT2D eigenvalue weighted by Gasteiger charge is -2.26. The number of aliphatic hydroxyl groups excluding tert-OH is 1. The fourth-order valence-electron chi connectivity index (χ4n) is 4.22. The number of hydrogen-bond acceptors (Lipinski definition) is 4. The van der Waals surface area contributed by atoms with Gasteiger partial charge in [0, 0.05) is 16.8 Å². The van der Waals surface area contributed by atoms with Crippen LogP contribution >= 0.6 is 0 Å². The average molecular weight is 442 g/mol. The third-order valence-electron chi connectivity index (χ3n) is 6.28. The first-order valence-corrected chi connectivity index (χ1v) is 11.0. The molecule has 5 heteroatoms. The molecule has 0 spiro atoms. The highest BCUT2D eigenvalue weighted by Crippen LogP contribution is 2.44. The summed E-state index contributed by atoms with van der Waals surface area (Å²) in [6.45, 7) is 5.98. The van der Waals surface area contributed by atoms with E-state index in [1.54, 1.807) is 19.2 Å². The molecule has 0 radical (unpaired) electrons. The minimum absolute atomic E-state index is 0.0484. The molecule has 1 atom stereocenters. The van der Waals surface area contributed by atoms with Gasteiger partial charge in [0.2, 0.25) is 0 Å². The molecular weight excluding hydrogens is 414 g/mol. The summed E-state index contributed by atoms with van der Waals surface area (Å²) in [4.78, 5) is 28.1. The van der Waals surface area contributed by atoms with Crippen molar-refractivity contribution in [3.05, 3.63) is 100 Å². The number of nitrogens with zero attached hydrogens (tertiary/aromatic N) is 1. The number of amides is 1. The van der Waals surface area contributed by atoms with E-state index in [0.29, 0.717) is 22.6 Å². The Kier molecular flexibility index (Phi) is 6.05. The molecule has 0 aliphatic carbocycles. The highest BCUT2D eigenvalue weighted by molar-refractivity contribution is 6.51. The van der Waals surface area contributed by atoms with E-state index in [1.165, 1.54) is 4.90 Å². The van der Waals surface area contributed by atoms with E-state index in [-0.39, 0.29) is 11.3 Å². The Labute approximate surface area is 193 Å². The van der Waals surface area contributed by atoms with Crippen molar-refractivity contribution in [3.8, 4) is 5.75 Å². The van der Waals surface area contributed by atoms with Gasteiger partial charge in [-0.2, -0.15) is 0 Å². The molecule has 1 unspecified atom stereocenters. The summed E-state index contributed by atoms with van der Waals surface area (Å²) in [7, 11) is 1.55. The van der Waals surface area contributed by atoms with Gasteiger partial charge in [0.15, 0.2) is 0 Å². The number of Topliss-reactive ketones (excluding diaryl/α,β-unsaturated/α-hetero) is 1. The predicted molar refractivity (Wildman–Crippen MR) is 130 cm³/mol. The summed E-state index contributed by atoms with van der Waals surface area (Å²) in [5.74, 6) is -1.06. The lowest BCUT2D eigenvalue weighted by atomic mass is 9.93. The van der Waals surface area contributed by atoms with Gasteiger partial charge in [-0.25, -0.2) is 0 Å². The van der Waals surface area contributed by atoms with E-state index in [4.69, 9.17) is 4.74 Å². The molecular formula is C28H27NO4. The number of aliphatic hydroxyl groups is 1. The predicted octanol–water partition coefficient (Wildman–Crippen LogP) is 5.50. The van der Waals surface area contributed by atoms with E-state index in [2.05, 4.69) is 6.92 Å². The Morgan fingerprint density at radius 1 is 0.970 bits per heavy atom. The molecule has 1 saturated heterocycles. The van der Waals surface area contributed by atoms with Crippen LogP contribution in [0.1, 0.15) is 40.8 Å². The normalized spacial score (nSPS) is 17.5. The number of carbonyl (C=O) groups is 2. The van der Waals surface area contributed by atoms with Crippen LogP contribution in [0, 0.1) is 13.8 Å². The molecule has 1 amide bonds. The summed E-state index contributed by atoms with van der Waals surface area (Å²) >= 11 is 0. The van der Waals surface area contributed by atoms with Crippen LogP contribution in [-0.2, 0) is 16.0 Å². The summed E-state index contributed by atoms with van der Waals surface area (Å²) in [5, 5.41) is 11.3. The average Bonchev–Trinajstić information content (AvgIpc) is 3.10. The Morgan fingerprint density at radius 2 is 1.67 bits per heavy atom. The first kappa shape index (κ1) is 22.3. The van der Waals surface area contributed by atoms with Crippen LogP contribution in [0.15, 0.2) is 72.3 Å². The van der Waals surface area contributed by atoms with Crippen LogP contribution in [0.2, 0.25) is 0 Å². The van der Waals surface area contributed by atoms with Gasteiger partial charge in [-0.05, 0) is 61.2 Å². The monoisotopic (exact) mass is 441 g/mol. The van der Waals surface area contributed by atoms with E-state index in [0.717, 1.165) is 23.1 Å². The largest absolute Gasteiger partial charge is 0.507 e. The number of para-hydroxylation sites is 1. The van der Waals surface area contributed by atoms with Gasteiger partial charge in [-0.1, -0.05) is 49.4 Å². The van der Waals surface area contributed by atoms with E-state index in [9.17, 15) is 14.7 Å². The summed E-state index contributed by atoms with van der Waals surface area (Å²) < 4.78 is 5.56. The molecule has 1 fully saturated rings. The van der Waals surface area contributed by atoms with Gasteiger partial charge >= 0.3 is 0 Å². The molecule has 3 aromatic rings. The second-order valence-electron chi connectivity index (χ2n) is 8.23. The third kappa shape index (κ3) is 3.91. The molecule has 168 valence electrons. The molecule has 0 saturated carbocycles. The number of methoxy groups -OCH3 is 1. The van der Waals surface area contributed by atoms with Crippen molar-refractivity contribution in [3.63, 3.8) is 0 Å². The second-order valence-corrected chi connectivity index (χ2v) is 8.23. The summed E-state index contributed by atoms with van der Waals surface area (Å²) in [6, 6.07) is 19.5. The van der Waals surface area contributed by atoms with Crippen LogP contribution in [0.3, 0.4) is 0 Å². The van der Waals surface area contributed by atoms with Gasteiger partial charge in [0.25, 0.3) is 11.7 Å². The topological polar surface area (TPSA) is 66.8 Å². The molecule has 1 heterocycles. The van der Waals surface area contributed by atoms with Crippen molar-refractivity contribution < 1.29 is 19.4 Å². The van der Waals surface area contributed by atoms with Gasteiger partial charge < -0.3 is 9.84 Å². The van der Waals surface area contributed by atoms with Gasteiger partial charge in [0.05, 0.1) is 18.7 Å². The van der Waals surface area contributed by atoms with Crippen molar-refractivity contribution >= 4 is 23.1 Å². The van der Waals surface area contributed by atoms with E-state index < -0.39 is 17.7 Å². The van der Waals surface area contributed by atoms with Crippen LogP contribution < -0.4 is 9.64 Å². The molecule has 0 bridgehead atoms. The molecule has 33 heavy (non-hydrogen) atoms. The van der Waals surface area contributed by atoms with Crippen LogP contribution in [0.5, 0.6) is 5.75 Å². The molecule has 3 aromatic carbocycles. The van der Waals surface area contributed by atoms with Crippen LogP contribution in [0.4, 0.5) is 5.69 Å². The first-order chi connectivity index (χ1) is 15.9. The van der Waals surface area contributed by atoms with Gasteiger partial charge in [-0.3, -0.25) is 14.5 Å². The molecule has 1 N–H and O–H groups in total. The zero-order valence-corrected chi connectivity index (χ0v) is 19.3. The number of carbonyl (C=O) groups excluding carboxylic acids is 2. The van der Waals surface area contributed by atoms with Crippen molar-refractivity contribution in [2.24, 2.45) is 0 Å². The SMILES string of the molecule is CCc1ccc(N2C(=O)C(=O)/C(=C(/O)c3ccc(C)c(C)c3)C2c2ccccc2OC)cc1. The van der Waals surface area contributed by atoms with Crippen LogP contribution in [-0.4, -0.2) is 23.9 Å². The lowest BCUT2D eigenvalue weighted by Crippen LogP contribution is -2.29. The Balaban J connectivity index is 1.97. The number of hydrogen-bond donors (Lipinski definition) is 1. The number of anilines is 1. The fraction of sp³-hybridized carbons (Fsp3) is 0.214. The Hall–Kier alpha value is -3.86. The molecule has 4 rings (SSSR count). The zero-order chi connectivity index (χ0) is 23.7. The highest BCUT2D eigenvalue weighted by atomic mass is 16.5. The number of rotatable bonds is 5. The molecule has 1 aliphatic heterocycles. The highest BCUT2D eigenvalue weighted by Gasteiger charge is 2.47. The lowest BCUT2D eigenvalue weighted by molar-refractivity contribution is -0.132. The summed E-state index contributed by atoms with van der Waals surface area (Å²) in [5.41, 5.74) is 4.94. The Bertz CT molecular complexity index is 1260. The fourth-order valence-corrected chi connectivity index (χ4v) is 4.22. The van der Waals surface area contributed by atoms with Crippen molar-refractivity contribution in [2.45, 2.75) is 33.2 Å². The molecule has 5 nitrogen and oxygen atoms in total. The number of aryl methyl sites for hydroxylation is 3. The van der Waals surface area contributed by atoms with Gasteiger partial charge in [0.1, 0.15) is 11.5 Å². The number of ether oxygens (including phenoxy) is 1. The third-order valence-corrected chi connectivity index (χ3v) is 6.28. The van der Waals surface area contributed by atoms with Crippen molar-refractivity contribution in [2.75, 3.05) is 12.0 Å². The number of benzene rings is 3. The second kappa shape index (κ2) is 8.94. The molecule has 0 aromatic heterocycles. The maximum atomic E-state index is 13.3. The van der Waals surface area contributed by atoms with Crippen molar-refractivity contribution in [1.29, 1.82) is 0 Å². The first-order valence-electron chi connectivity index (χ1n) is 11.0.